The van der Waals surface area contributed by atoms with E-state index in [0.717, 1.165) is 6.42 Å². The molecule has 0 radical (unpaired) electrons. The summed E-state index contributed by atoms with van der Waals surface area (Å²) in [7, 11) is 0. The van der Waals surface area contributed by atoms with E-state index in [1.54, 1.807) is 0 Å². The number of aliphatic carboxylic acids is 1. The summed E-state index contributed by atoms with van der Waals surface area (Å²) in [5, 5.41) is 14.1. The van der Waals surface area contributed by atoms with Crippen LogP contribution in [-0.2, 0) is 9.59 Å². The third-order valence-corrected chi connectivity index (χ3v) is 3.67. The summed E-state index contributed by atoms with van der Waals surface area (Å²) in [6.07, 6.45) is 0.824. The quantitative estimate of drug-likeness (QED) is 0.647. The Morgan fingerprint density at radius 2 is 2.11 bits per heavy atom. The van der Waals surface area contributed by atoms with Crippen molar-refractivity contribution in [3.63, 3.8) is 0 Å². The van der Waals surface area contributed by atoms with E-state index in [-0.39, 0.29) is 12.5 Å². The van der Waals surface area contributed by atoms with Crippen molar-refractivity contribution in [3.05, 3.63) is 0 Å². The maximum atomic E-state index is 11.9. The lowest BCUT2D eigenvalue weighted by atomic mass is 10.3. The first kappa shape index (κ1) is 15.6. The van der Waals surface area contributed by atoms with Gasteiger partial charge in [0, 0.05) is 24.6 Å². The van der Waals surface area contributed by atoms with Gasteiger partial charge in [-0.3, -0.25) is 4.79 Å². The largest absolute Gasteiger partial charge is 0.480 e. The monoisotopic (exact) mass is 289 g/mol. The predicted molar refractivity (Wildman–Crippen MR) is 72.2 cm³/mol. The molecule has 8 heteroatoms. The van der Waals surface area contributed by atoms with E-state index in [2.05, 4.69) is 10.6 Å². The van der Waals surface area contributed by atoms with Crippen molar-refractivity contribution < 1.29 is 19.5 Å². The fraction of sp³-hybridized carbons (Fsp3) is 0.727. The predicted octanol–water partition coefficient (Wildman–Crippen LogP) is -0.276. The van der Waals surface area contributed by atoms with Crippen molar-refractivity contribution in [3.8, 4) is 0 Å². The van der Waals surface area contributed by atoms with E-state index in [1.807, 2.05) is 6.92 Å². The van der Waals surface area contributed by atoms with Gasteiger partial charge in [-0.1, -0.05) is 6.92 Å². The van der Waals surface area contributed by atoms with Gasteiger partial charge in [0.25, 0.3) is 0 Å². The van der Waals surface area contributed by atoms with Crippen LogP contribution in [0.25, 0.3) is 0 Å². The van der Waals surface area contributed by atoms with E-state index >= 15 is 0 Å². The maximum Gasteiger partial charge on any atom is 0.327 e. The molecular weight excluding hydrogens is 270 g/mol. The highest BCUT2D eigenvalue weighted by molar-refractivity contribution is 7.99. The van der Waals surface area contributed by atoms with Crippen LogP contribution < -0.4 is 10.6 Å². The van der Waals surface area contributed by atoms with Crippen molar-refractivity contribution in [2.24, 2.45) is 0 Å². The van der Waals surface area contributed by atoms with Crippen LogP contribution in [0.15, 0.2) is 0 Å². The molecule has 1 rings (SSSR count). The van der Waals surface area contributed by atoms with E-state index < -0.39 is 18.0 Å². The van der Waals surface area contributed by atoms with E-state index in [1.165, 1.54) is 16.7 Å². The molecule has 1 aliphatic rings. The molecule has 0 bridgehead atoms. The zero-order chi connectivity index (χ0) is 14.3. The molecule has 1 unspecified atom stereocenters. The molecule has 1 fully saturated rings. The highest BCUT2D eigenvalue weighted by Gasteiger charge is 2.32. The molecule has 108 valence electrons. The van der Waals surface area contributed by atoms with Gasteiger partial charge >= 0.3 is 12.0 Å². The average Bonchev–Trinajstić information content (AvgIpc) is 2.42. The minimum atomic E-state index is -1.02. The summed E-state index contributed by atoms with van der Waals surface area (Å²) in [5.41, 5.74) is 0. The molecule has 1 heterocycles. The zero-order valence-corrected chi connectivity index (χ0v) is 11.7. The van der Waals surface area contributed by atoms with Crippen LogP contribution in [0.5, 0.6) is 0 Å². The Hall–Kier alpha value is -1.44. The third-order valence-electron chi connectivity index (χ3n) is 2.65. The van der Waals surface area contributed by atoms with E-state index in [0.29, 0.717) is 24.6 Å². The molecule has 3 amide bonds. The molecule has 0 aliphatic carbocycles. The second kappa shape index (κ2) is 7.88. The summed E-state index contributed by atoms with van der Waals surface area (Å²) in [5.74, 6) is -0.199. The van der Waals surface area contributed by atoms with Gasteiger partial charge in [-0.2, -0.15) is 11.8 Å². The van der Waals surface area contributed by atoms with Crippen LogP contribution in [0.4, 0.5) is 4.79 Å². The molecule has 1 aliphatic heterocycles. The Morgan fingerprint density at radius 3 is 2.74 bits per heavy atom. The van der Waals surface area contributed by atoms with E-state index in [9.17, 15) is 14.4 Å². The summed E-state index contributed by atoms with van der Waals surface area (Å²) in [4.78, 5) is 35.5. The summed E-state index contributed by atoms with van der Waals surface area (Å²) >= 11 is 1.51. The Morgan fingerprint density at radius 1 is 1.37 bits per heavy atom. The number of urea groups is 1. The van der Waals surface area contributed by atoms with Gasteiger partial charge < -0.3 is 20.6 Å². The number of amides is 3. The fourth-order valence-electron chi connectivity index (χ4n) is 1.64. The van der Waals surface area contributed by atoms with Crippen LogP contribution in [0.3, 0.4) is 0 Å². The first-order valence-electron chi connectivity index (χ1n) is 6.18. The highest BCUT2D eigenvalue weighted by atomic mass is 32.2. The SMILES string of the molecule is CCCNC(=O)CNC(=O)N1CCSCC1C(=O)O. The molecule has 19 heavy (non-hydrogen) atoms. The molecular formula is C11H19N3O4S. The molecule has 0 aromatic carbocycles. The number of carbonyl (C=O) groups is 3. The summed E-state index contributed by atoms with van der Waals surface area (Å²) in [6, 6.07) is -1.32. The van der Waals surface area contributed by atoms with Crippen molar-refractivity contribution in [2.75, 3.05) is 31.1 Å². The van der Waals surface area contributed by atoms with Crippen LogP contribution >= 0.6 is 11.8 Å². The third kappa shape index (κ3) is 4.98. The van der Waals surface area contributed by atoms with Crippen LogP contribution in [0.2, 0.25) is 0 Å². The Balaban J connectivity index is 2.42. The van der Waals surface area contributed by atoms with E-state index in [4.69, 9.17) is 5.11 Å². The fourth-order valence-corrected chi connectivity index (χ4v) is 2.67. The normalized spacial score (nSPS) is 18.8. The molecule has 0 aromatic heterocycles. The molecule has 3 N–H and O–H groups in total. The molecule has 0 spiro atoms. The zero-order valence-electron chi connectivity index (χ0n) is 10.8. The molecule has 1 saturated heterocycles. The van der Waals surface area contributed by atoms with Gasteiger partial charge in [-0.05, 0) is 6.42 Å². The lowest BCUT2D eigenvalue weighted by molar-refractivity contribution is -0.141. The van der Waals surface area contributed by atoms with Gasteiger partial charge in [-0.15, -0.1) is 0 Å². The van der Waals surface area contributed by atoms with Crippen molar-refractivity contribution in [1.82, 2.24) is 15.5 Å². The maximum absolute atomic E-state index is 11.9. The average molecular weight is 289 g/mol. The van der Waals surface area contributed by atoms with Crippen molar-refractivity contribution in [2.45, 2.75) is 19.4 Å². The number of nitrogens with zero attached hydrogens (tertiary/aromatic N) is 1. The number of hydrogen-bond donors (Lipinski definition) is 3. The lowest BCUT2D eigenvalue weighted by Crippen LogP contribution is -2.54. The number of carboxylic acid groups (broad SMARTS) is 1. The molecule has 0 saturated carbocycles. The number of carboxylic acids is 1. The number of rotatable bonds is 5. The standard InChI is InChI=1S/C11H19N3O4S/c1-2-3-12-9(15)6-13-11(18)14-4-5-19-7-8(14)10(16)17/h8H,2-7H2,1H3,(H,12,15)(H,13,18)(H,16,17). The lowest BCUT2D eigenvalue weighted by Gasteiger charge is -2.32. The van der Waals surface area contributed by atoms with Crippen molar-refractivity contribution in [1.29, 1.82) is 0 Å². The second-order valence-corrected chi connectivity index (χ2v) is 5.28. The number of thioether (sulfide) groups is 1. The Bertz CT molecular complexity index is 351. The van der Waals surface area contributed by atoms with Crippen LogP contribution in [0.1, 0.15) is 13.3 Å². The minimum Gasteiger partial charge on any atom is -0.480 e. The van der Waals surface area contributed by atoms with Crippen LogP contribution in [0, 0.1) is 0 Å². The van der Waals surface area contributed by atoms with Gasteiger partial charge in [0.2, 0.25) is 5.91 Å². The Kier molecular flexibility index (Phi) is 6.48. The van der Waals surface area contributed by atoms with Crippen molar-refractivity contribution >= 4 is 29.7 Å². The van der Waals surface area contributed by atoms with Gasteiger partial charge in [0.1, 0.15) is 6.04 Å². The molecule has 1 atom stereocenters. The number of carbonyl (C=O) groups excluding carboxylic acids is 2. The molecule has 0 aromatic rings. The molecule has 7 nitrogen and oxygen atoms in total. The first-order chi connectivity index (χ1) is 9.06. The van der Waals surface area contributed by atoms with Crippen LogP contribution in [-0.4, -0.2) is 65.1 Å². The smallest absolute Gasteiger partial charge is 0.327 e. The summed E-state index contributed by atoms with van der Waals surface area (Å²) in [6.45, 7) is 2.74. The van der Waals surface area contributed by atoms with Gasteiger partial charge in [-0.25, -0.2) is 9.59 Å². The second-order valence-electron chi connectivity index (χ2n) is 4.13. The van der Waals surface area contributed by atoms with Gasteiger partial charge in [0.05, 0.1) is 6.54 Å². The minimum absolute atomic E-state index is 0.130. The number of nitrogens with one attached hydrogen (secondary N) is 2. The number of hydrogen-bond acceptors (Lipinski definition) is 4. The van der Waals surface area contributed by atoms with Gasteiger partial charge in [0.15, 0.2) is 0 Å². The first-order valence-corrected chi connectivity index (χ1v) is 7.33. The highest BCUT2D eigenvalue weighted by Crippen LogP contribution is 2.16. The summed E-state index contributed by atoms with van der Waals surface area (Å²) < 4.78 is 0. The topological polar surface area (TPSA) is 98.7 Å². The Labute approximate surface area is 116 Å².